The molecule has 0 radical (unpaired) electrons. The summed E-state index contributed by atoms with van der Waals surface area (Å²) in [5.74, 6) is 0.436. The zero-order valence-electron chi connectivity index (χ0n) is 23.2. The lowest BCUT2D eigenvalue weighted by Crippen LogP contribution is -2.42. The summed E-state index contributed by atoms with van der Waals surface area (Å²) in [7, 11) is 0. The molecule has 0 atom stereocenters. The lowest BCUT2D eigenvalue weighted by Gasteiger charge is -2.44. The van der Waals surface area contributed by atoms with Crippen molar-refractivity contribution in [3.05, 3.63) is 80.4 Å². The lowest BCUT2D eigenvalue weighted by atomic mass is 9.64. The highest BCUT2D eigenvalue weighted by Crippen LogP contribution is 2.52. The van der Waals surface area contributed by atoms with Gasteiger partial charge in [-0.3, -0.25) is 9.59 Å². The van der Waals surface area contributed by atoms with Crippen molar-refractivity contribution in [2.75, 3.05) is 6.61 Å². The molecule has 0 bridgehead atoms. The van der Waals surface area contributed by atoms with Crippen LogP contribution in [0.2, 0.25) is 0 Å². The number of dihydropyridines is 1. The smallest absolute Gasteiger partial charge is 0.175 e. The largest absolute Gasteiger partial charge is 0.490 e. The summed E-state index contributed by atoms with van der Waals surface area (Å²) >= 11 is 3.68. The van der Waals surface area contributed by atoms with E-state index in [-0.39, 0.29) is 34.8 Å². The fourth-order valence-electron chi connectivity index (χ4n) is 6.12. The zero-order valence-corrected chi connectivity index (χ0v) is 24.8. The van der Waals surface area contributed by atoms with Gasteiger partial charge in [-0.15, -0.1) is 0 Å². The topological polar surface area (TPSA) is 64.6 Å². The number of Topliss-reactive ketones (excluding diaryl/α,β-unsaturated/α-hetero) is 2. The Morgan fingerprint density at radius 2 is 1.46 bits per heavy atom. The second-order valence-electron chi connectivity index (χ2n) is 12.4. The van der Waals surface area contributed by atoms with Crippen LogP contribution in [0.5, 0.6) is 11.5 Å². The van der Waals surface area contributed by atoms with Crippen LogP contribution in [-0.4, -0.2) is 18.2 Å². The maximum absolute atomic E-state index is 13.7. The molecule has 39 heavy (non-hydrogen) atoms. The summed E-state index contributed by atoms with van der Waals surface area (Å²) in [5, 5.41) is 3.56. The van der Waals surface area contributed by atoms with Gasteiger partial charge in [-0.05, 0) is 81.9 Å². The molecule has 5 rings (SSSR count). The number of allylic oxidation sites excluding steroid dienone is 4. The molecule has 2 aromatic rings. The number of ketones is 2. The van der Waals surface area contributed by atoms with Crippen LogP contribution in [0.4, 0.5) is 4.39 Å². The van der Waals surface area contributed by atoms with Crippen molar-refractivity contribution in [1.82, 2.24) is 5.32 Å². The van der Waals surface area contributed by atoms with Crippen LogP contribution >= 0.6 is 15.9 Å². The summed E-state index contributed by atoms with van der Waals surface area (Å²) in [6, 6.07) is 10.0. The minimum atomic E-state index is -0.467. The van der Waals surface area contributed by atoms with E-state index in [4.69, 9.17) is 9.47 Å². The first-order valence-electron chi connectivity index (χ1n) is 13.5. The summed E-state index contributed by atoms with van der Waals surface area (Å²) in [6.07, 6.45) is 2.36. The van der Waals surface area contributed by atoms with Gasteiger partial charge in [0.15, 0.2) is 23.1 Å². The Balaban J connectivity index is 1.60. The fraction of sp³-hybridized carbons (Fsp3) is 0.438. The average molecular weight is 597 g/mol. The molecular weight excluding hydrogens is 561 g/mol. The Bertz CT molecular complexity index is 1350. The maximum atomic E-state index is 13.7. The highest BCUT2D eigenvalue weighted by atomic mass is 79.9. The Hall–Kier alpha value is -2.93. The van der Waals surface area contributed by atoms with Crippen molar-refractivity contribution < 1.29 is 23.5 Å². The number of carbonyl (C=O) groups is 2. The SMILES string of the molecule is CCOc1cc(C2C3=C(CC(C)(C)CC3=O)NC3=C2C(=O)CC(C)(C)C3)cc(Br)c1OCc1ccc(F)cc1. The number of nitrogens with one attached hydrogen (secondary N) is 1. The molecule has 0 fully saturated rings. The molecule has 1 heterocycles. The first-order chi connectivity index (χ1) is 18.4. The van der Waals surface area contributed by atoms with E-state index in [1.54, 1.807) is 12.1 Å². The van der Waals surface area contributed by atoms with Crippen molar-refractivity contribution in [1.29, 1.82) is 0 Å². The monoisotopic (exact) mass is 595 g/mol. The van der Waals surface area contributed by atoms with Gasteiger partial charge in [0.1, 0.15) is 12.4 Å². The number of hydrogen-bond acceptors (Lipinski definition) is 5. The molecule has 5 nitrogen and oxygen atoms in total. The molecule has 0 aromatic heterocycles. The average Bonchev–Trinajstić information content (AvgIpc) is 2.81. The zero-order chi connectivity index (χ0) is 28.1. The molecule has 0 unspecified atom stereocenters. The molecule has 1 N–H and O–H groups in total. The predicted octanol–water partition coefficient (Wildman–Crippen LogP) is 7.54. The summed E-state index contributed by atoms with van der Waals surface area (Å²) in [4.78, 5) is 27.3. The van der Waals surface area contributed by atoms with Crippen LogP contribution in [0.25, 0.3) is 0 Å². The quantitative estimate of drug-likeness (QED) is 0.373. The van der Waals surface area contributed by atoms with E-state index < -0.39 is 5.92 Å². The third-order valence-corrected chi connectivity index (χ3v) is 8.27. The molecule has 2 aromatic carbocycles. The summed E-state index contributed by atoms with van der Waals surface area (Å²) < 4.78 is 26.2. The molecule has 1 aliphatic heterocycles. The molecular formula is C32H35BrFNO4. The highest BCUT2D eigenvalue weighted by Gasteiger charge is 2.46. The number of hydrogen-bond donors (Lipinski definition) is 1. The number of rotatable bonds is 6. The van der Waals surface area contributed by atoms with Crippen LogP contribution < -0.4 is 14.8 Å². The van der Waals surface area contributed by atoms with E-state index in [1.165, 1.54) is 12.1 Å². The molecule has 0 amide bonds. The third-order valence-electron chi connectivity index (χ3n) is 7.68. The van der Waals surface area contributed by atoms with E-state index in [0.717, 1.165) is 35.4 Å². The van der Waals surface area contributed by atoms with Crippen molar-refractivity contribution >= 4 is 27.5 Å². The van der Waals surface area contributed by atoms with E-state index in [0.29, 0.717) is 46.6 Å². The third kappa shape index (κ3) is 5.56. The van der Waals surface area contributed by atoms with Crippen LogP contribution in [0.15, 0.2) is 63.4 Å². The van der Waals surface area contributed by atoms with Gasteiger partial charge in [-0.1, -0.05) is 39.8 Å². The van der Waals surface area contributed by atoms with Gasteiger partial charge < -0.3 is 14.8 Å². The van der Waals surface area contributed by atoms with E-state index in [9.17, 15) is 14.0 Å². The second kappa shape index (κ2) is 10.2. The van der Waals surface area contributed by atoms with Gasteiger partial charge in [-0.25, -0.2) is 4.39 Å². The van der Waals surface area contributed by atoms with E-state index >= 15 is 0 Å². The maximum Gasteiger partial charge on any atom is 0.175 e. The minimum Gasteiger partial charge on any atom is -0.490 e. The van der Waals surface area contributed by atoms with Crippen LogP contribution in [0.1, 0.15) is 77.3 Å². The lowest BCUT2D eigenvalue weighted by molar-refractivity contribution is -0.119. The van der Waals surface area contributed by atoms with Crippen molar-refractivity contribution in [3.63, 3.8) is 0 Å². The van der Waals surface area contributed by atoms with E-state index in [1.807, 2.05) is 19.1 Å². The molecule has 7 heteroatoms. The molecule has 0 spiro atoms. The fourth-order valence-corrected chi connectivity index (χ4v) is 6.69. The van der Waals surface area contributed by atoms with Crippen molar-refractivity contribution in [2.24, 2.45) is 10.8 Å². The van der Waals surface area contributed by atoms with Gasteiger partial charge >= 0.3 is 0 Å². The van der Waals surface area contributed by atoms with Crippen LogP contribution in [0, 0.1) is 16.6 Å². The predicted molar refractivity (Wildman–Crippen MR) is 152 cm³/mol. The first-order valence-corrected chi connectivity index (χ1v) is 14.3. The summed E-state index contributed by atoms with van der Waals surface area (Å²) in [6.45, 7) is 11.0. The Kier molecular flexibility index (Phi) is 7.25. The normalized spacial score (nSPS) is 20.4. The molecule has 206 valence electrons. The van der Waals surface area contributed by atoms with Gasteiger partial charge in [-0.2, -0.15) is 0 Å². The Labute approximate surface area is 238 Å². The number of carbonyl (C=O) groups excluding carboxylic acids is 2. The highest BCUT2D eigenvalue weighted by molar-refractivity contribution is 9.10. The first kappa shape index (κ1) is 27.6. The molecule has 0 saturated heterocycles. The molecule has 0 saturated carbocycles. The number of benzene rings is 2. The van der Waals surface area contributed by atoms with Gasteiger partial charge in [0.25, 0.3) is 0 Å². The van der Waals surface area contributed by atoms with Crippen LogP contribution in [-0.2, 0) is 16.2 Å². The second-order valence-corrected chi connectivity index (χ2v) is 13.3. The standard InChI is InChI=1S/C32H35BrFNO4/c1-6-38-26-12-19(11-21(33)30(26)39-17-18-7-9-20(34)10-8-18)27-28-22(13-31(2,3)15-24(28)36)35-23-14-32(4,5)16-25(37)29(23)27/h7-12,27,35H,6,13-17H2,1-5H3. The number of halogens is 2. The minimum absolute atomic E-state index is 0.0775. The van der Waals surface area contributed by atoms with Gasteiger partial charge in [0.2, 0.25) is 0 Å². The molecule has 2 aliphatic carbocycles. The Morgan fingerprint density at radius 3 is 2.00 bits per heavy atom. The summed E-state index contributed by atoms with van der Waals surface area (Å²) in [5.41, 5.74) is 4.56. The van der Waals surface area contributed by atoms with Gasteiger partial charge in [0.05, 0.1) is 11.1 Å². The van der Waals surface area contributed by atoms with Crippen LogP contribution in [0.3, 0.4) is 0 Å². The van der Waals surface area contributed by atoms with Crippen molar-refractivity contribution in [3.8, 4) is 11.5 Å². The van der Waals surface area contributed by atoms with Gasteiger partial charge in [0, 0.05) is 41.3 Å². The van der Waals surface area contributed by atoms with E-state index in [2.05, 4.69) is 48.9 Å². The van der Waals surface area contributed by atoms with Crippen molar-refractivity contribution in [2.45, 2.75) is 72.8 Å². The number of ether oxygens (including phenoxy) is 2. The molecule has 3 aliphatic rings. The Morgan fingerprint density at radius 1 is 0.897 bits per heavy atom.